The van der Waals surface area contributed by atoms with Gasteiger partial charge in [0.15, 0.2) is 11.5 Å². The third-order valence-corrected chi connectivity index (χ3v) is 5.85. The lowest BCUT2D eigenvalue weighted by Crippen LogP contribution is -2.30. The molecule has 0 spiro atoms. The summed E-state index contributed by atoms with van der Waals surface area (Å²) < 4.78 is 35.3. The molecule has 3 amide bonds. The average Bonchev–Trinajstić information content (AvgIpc) is 3.45. The first kappa shape index (κ1) is 26.0. The van der Waals surface area contributed by atoms with Crippen molar-refractivity contribution in [3.05, 3.63) is 87.2 Å². The minimum Gasteiger partial charge on any atom is -0.490 e. The minimum atomic E-state index is -0.662. The van der Waals surface area contributed by atoms with Crippen molar-refractivity contribution in [1.29, 1.82) is 0 Å². The van der Waals surface area contributed by atoms with Crippen molar-refractivity contribution in [2.24, 2.45) is 0 Å². The quantitative estimate of drug-likeness (QED) is 0.217. The molecule has 37 heavy (non-hydrogen) atoms. The molecule has 11 heteroatoms. The zero-order chi connectivity index (χ0) is 26.5. The van der Waals surface area contributed by atoms with Crippen LogP contribution in [0.5, 0.6) is 11.5 Å². The van der Waals surface area contributed by atoms with E-state index in [4.69, 9.17) is 13.9 Å². The molecule has 0 unspecified atom stereocenters. The molecule has 3 aromatic rings. The molecule has 1 aromatic heterocycles. The number of hydrogen-bond acceptors (Lipinski definition) is 7. The van der Waals surface area contributed by atoms with Crippen molar-refractivity contribution < 1.29 is 37.4 Å². The van der Waals surface area contributed by atoms with E-state index in [9.17, 15) is 18.8 Å². The van der Waals surface area contributed by atoms with Crippen LogP contribution in [0.25, 0.3) is 6.08 Å². The van der Waals surface area contributed by atoms with Gasteiger partial charge in [0, 0.05) is 0 Å². The van der Waals surface area contributed by atoms with Crippen molar-refractivity contribution in [3.63, 3.8) is 0 Å². The maximum absolute atomic E-state index is 13.2. The number of nitrogens with one attached hydrogen (secondary N) is 1. The van der Waals surface area contributed by atoms with Crippen molar-refractivity contribution >= 4 is 39.9 Å². The number of carbonyl (C=O) groups excluding carboxylic acids is 3. The van der Waals surface area contributed by atoms with Crippen LogP contribution in [0.1, 0.15) is 34.4 Å². The highest BCUT2D eigenvalue weighted by molar-refractivity contribution is 9.10. The Labute approximate surface area is 219 Å². The SMILES string of the molecule is CCOc1cc(/C=C2\NC(=O)N(Cc3ccc(C(=O)OC)o3)C2=O)cc(Br)c1OCc1ccc(F)cc1. The molecule has 1 N–H and O–H groups in total. The van der Waals surface area contributed by atoms with Crippen LogP contribution in [0.3, 0.4) is 0 Å². The Morgan fingerprint density at radius 2 is 1.89 bits per heavy atom. The molecule has 0 radical (unpaired) electrons. The number of urea groups is 1. The largest absolute Gasteiger partial charge is 0.490 e. The highest BCUT2D eigenvalue weighted by atomic mass is 79.9. The molecule has 0 saturated carbocycles. The average molecular weight is 573 g/mol. The Hall–Kier alpha value is -4.12. The number of nitrogens with zero attached hydrogens (tertiary/aromatic N) is 1. The van der Waals surface area contributed by atoms with Crippen LogP contribution in [-0.2, 0) is 22.7 Å². The van der Waals surface area contributed by atoms with Gasteiger partial charge in [-0.1, -0.05) is 12.1 Å². The number of benzene rings is 2. The van der Waals surface area contributed by atoms with Crippen molar-refractivity contribution in [1.82, 2.24) is 10.2 Å². The van der Waals surface area contributed by atoms with Gasteiger partial charge in [0.1, 0.15) is 23.9 Å². The number of hydrogen-bond donors (Lipinski definition) is 1. The smallest absolute Gasteiger partial charge is 0.373 e. The maximum atomic E-state index is 13.2. The third-order valence-electron chi connectivity index (χ3n) is 5.26. The van der Waals surface area contributed by atoms with E-state index < -0.39 is 17.9 Å². The van der Waals surface area contributed by atoms with Crippen LogP contribution in [0.2, 0.25) is 0 Å². The number of halogens is 2. The minimum absolute atomic E-state index is 0.0321. The molecule has 2 heterocycles. The Morgan fingerprint density at radius 3 is 2.59 bits per heavy atom. The molecular formula is C26H22BrFN2O7. The summed E-state index contributed by atoms with van der Waals surface area (Å²) >= 11 is 3.48. The summed E-state index contributed by atoms with van der Waals surface area (Å²) in [5.41, 5.74) is 1.40. The Balaban J connectivity index is 1.52. The van der Waals surface area contributed by atoms with E-state index in [0.717, 1.165) is 10.5 Å². The number of esters is 1. The summed E-state index contributed by atoms with van der Waals surface area (Å²) in [5, 5.41) is 2.55. The number of rotatable bonds is 9. The van der Waals surface area contributed by atoms with Crippen LogP contribution in [0, 0.1) is 5.82 Å². The summed E-state index contributed by atoms with van der Waals surface area (Å²) in [4.78, 5) is 37.9. The van der Waals surface area contributed by atoms with E-state index in [2.05, 4.69) is 26.0 Å². The summed E-state index contributed by atoms with van der Waals surface area (Å²) in [6, 6.07) is 11.6. The predicted octanol–water partition coefficient (Wildman–Crippen LogP) is 5.04. The van der Waals surface area contributed by atoms with Crippen LogP contribution < -0.4 is 14.8 Å². The number of ether oxygens (including phenoxy) is 3. The zero-order valence-electron chi connectivity index (χ0n) is 19.9. The standard InChI is InChI=1S/C26H22BrFN2O7/c1-3-35-22-12-16(10-19(27)23(22)36-14-15-4-6-17(28)7-5-15)11-20-24(31)30(26(33)29-20)13-18-8-9-21(37-18)25(32)34-2/h4-12H,3,13-14H2,1-2H3,(H,29,33)/b20-11-. The van der Waals surface area contributed by atoms with Gasteiger partial charge in [0.05, 0.1) is 24.7 Å². The maximum Gasteiger partial charge on any atom is 0.373 e. The number of furan rings is 1. The van der Waals surface area contributed by atoms with Crippen LogP contribution >= 0.6 is 15.9 Å². The topological polar surface area (TPSA) is 107 Å². The van der Waals surface area contributed by atoms with Crippen LogP contribution in [-0.4, -0.2) is 36.5 Å². The van der Waals surface area contributed by atoms with Gasteiger partial charge in [0.2, 0.25) is 5.76 Å². The molecular weight excluding hydrogens is 551 g/mol. The van der Waals surface area contributed by atoms with Gasteiger partial charge >= 0.3 is 12.0 Å². The monoisotopic (exact) mass is 572 g/mol. The summed E-state index contributed by atoms with van der Waals surface area (Å²) in [6.07, 6.45) is 1.51. The van der Waals surface area contributed by atoms with E-state index in [0.29, 0.717) is 28.1 Å². The van der Waals surface area contributed by atoms with Gasteiger partial charge in [-0.05, 0) is 76.5 Å². The summed E-state index contributed by atoms with van der Waals surface area (Å²) in [7, 11) is 1.22. The lowest BCUT2D eigenvalue weighted by molar-refractivity contribution is -0.123. The molecule has 0 bridgehead atoms. The first-order valence-corrected chi connectivity index (χ1v) is 11.9. The predicted molar refractivity (Wildman–Crippen MR) is 133 cm³/mol. The molecule has 4 rings (SSSR count). The van der Waals surface area contributed by atoms with Crippen molar-refractivity contribution in [2.75, 3.05) is 13.7 Å². The number of methoxy groups -OCH3 is 1. The highest BCUT2D eigenvalue weighted by Gasteiger charge is 2.34. The summed E-state index contributed by atoms with van der Waals surface area (Å²) in [5.74, 6) is -0.484. The van der Waals surface area contributed by atoms with Gasteiger partial charge < -0.3 is 23.9 Å². The lowest BCUT2D eigenvalue weighted by Gasteiger charge is -2.15. The van der Waals surface area contributed by atoms with Gasteiger partial charge in [-0.3, -0.25) is 9.69 Å². The normalized spacial score (nSPS) is 14.2. The Morgan fingerprint density at radius 1 is 1.14 bits per heavy atom. The molecule has 192 valence electrons. The molecule has 0 aliphatic carbocycles. The van der Waals surface area contributed by atoms with Crippen molar-refractivity contribution in [2.45, 2.75) is 20.1 Å². The first-order chi connectivity index (χ1) is 17.8. The number of amides is 3. The van der Waals surface area contributed by atoms with E-state index in [1.165, 1.54) is 37.5 Å². The Kier molecular flexibility index (Phi) is 7.92. The Bertz CT molecular complexity index is 1370. The highest BCUT2D eigenvalue weighted by Crippen LogP contribution is 2.38. The van der Waals surface area contributed by atoms with Gasteiger partial charge in [-0.25, -0.2) is 14.0 Å². The lowest BCUT2D eigenvalue weighted by atomic mass is 10.1. The van der Waals surface area contributed by atoms with E-state index in [1.807, 2.05) is 6.92 Å². The third kappa shape index (κ3) is 6.00. The van der Waals surface area contributed by atoms with Crippen molar-refractivity contribution in [3.8, 4) is 11.5 Å². The molecule has 1 aliphatic heterocycles. The fourth-order valence-corrected chi connectivity index (χ4v) is 4.10. The number of carbonyl (C=O) groups is 3. The second kappa shape index (κ2) is 11.3. The van der Waals surface area contributed by atoms with E-state index in [1.54, 1.807) is 24.3 Å². The molecule has 0 atom stereocenters. The fourth-order valence-electron chi connectivity index (χ4n) is 3.52. The first-order valence-electron chi connectivity index (χ1n) is 11.1. The van der Waals surface area contributed by atoms with Crippen LogP contribution in [0.15, 0.2) is 63.1 Å². The van der Waals surface area contributed by atoms with Gasteiger partial charge in [-0.2, -0.15) is 0 Å². The molecule has 1 saturated heterocycles. The molecule has 9 nitrogen and oxygen atoms in total. The fraction of sp³-hybridized carbons (Fsp3) is 0.192. The molecule has 1 aliphatic rings. The summed E-state index contributed by atoms with van der Waals surface area (Å²) in [6.45, 7) is 2.21. The van der Waals surface area contributed by atoms with E-state index in [-0.39, 0.29) is 36.2 Å². The van der Waals surface area contributed by atoms with Crippen LogP contribution in [0.4, 0.5) is 9.18 Å². The molecule has 1 fully saturated rings. The second-order valence-electron chi connectivity index (χ2n) is 7.82. The van der Waals surface area contributed by atoms with Gasteiger partial charge in [-0.15, -0.1) is 0 Å². The zero-order valence-corrected chi connectivity index (χ0v) is 21.5. The number of imide groups is 1. The van der Waals surface area contributed by atoms with E-state index >= 15 is 0 Å². The van der Waals surface area contributed by atoms with Gasteiger partial charge in [0.25, 0.3) is 5.91 Å². The molecule has 2 aromatic carbocycles. The second-order valence-corrected chi connectivity index (χ2v) is 8.67.